The van der Waals surface area contributed by atoms with Crippen LogP contribution in [0.25, 0.3) is 10.9 Å². The minimum Gasteiger partial charge on any atom is -0.310 e. The second-order valence-corrected chi connectivity index (χ2v) is 3.99. The number of amides is 1. The van der Waals surface area contributed by atoms with Crippen LogP contribution >= 0.6 is 0 Å². The molecule has 1 aromatic heterocycles. The maximum absolute atomic E-state index is 11.8. The number of H-pyrrole nitrogens is 1. The molecular weight excluding hydrogens is 246 g/mol. The molecule has 100 valence electrons. The molecule has 6 nitrogen and oxygen atoms in total. The third-order valence-electron chi connectivity index (χ3n) is 2.58. The maximum atomic E-state index is 11.8. The number of carbonyl (C=O) groups excluding carboxylic acids is 1. The molecule has 6 heteroatoms. The van der Waals surface area contributed by atoms with Crippen molar-refractivity contribution in [1.82, 2.24) is 15.4 Å². The van der Waals surface area contributed by atoms with E-state index >= 15 is 0 Å². The van der Waals surface area contributed by atoms with Crippen molar-refractivity contribution in [3.8, 4) is 0 Å². The number of carbonyl (C=O) groups is 1. The van der Waals surface area contributed by atoms with Crippen LogP contribution in [0.4, 0.5) is 0 Å². The van der Waals surface area contributed by atoms with E-state index in [2.05, 4.69) is 15.4 Å². The summed E-state index contributed by atoms with van der Waals surface area (Å²) in [6, 6.07) is 7.09. The Morgan fingerprint density at radius 3 is 3.00 bits per heavy atom. The van der Waals surface area contributed by atoms with Crippen molar-refractivity contribution in [2.75, 3.05) is 6.61 Å². The van der Waals surface area contributed by atoms with E-state index in [1.807, 2.05) is 6.07 Å². The zero-order valence-corrected chi connectivity index (χ0v) is 10.6. The van der Waals surface area contributed by atoms with E-state index in [-0.39, 0.29) is 17.9 Å². The molecule has 2 aromatic rings. The van der Waals surface area contributed by atoms with Gasteiger partial charge < -0.3 is 4.98 Å². The lowest BCUT2D eigenvalue weighted by molar-refractivity contribution is -0.133. The third-order valence-corrected chi connectivity index (χ3v) is 2.58. The number of fused-ring (bicyclic) bond motifs is 1. The minimum atomic E-state index is -0.238. The maximum Gasteiger partial charge on any atom is 0.258 e. The zero-order valence-electron chi connectivity index (χ0n) is 10.6. The number of benzene rings is 1. The first-order chi connectivity index (χ1) is 9.20. The average Bonchev–Trinajstić information content (AvgIpc) is 2.43. The van der Waals surface area contributed by atoms with Crippen LogP contribution in [0.2, 0.25) is 0 Å². The van der Waals surface area contributed by atoms with Gasteiger partial charge in [-0.3, -0.25) is 14.4 Å². The lowest BCUT2D eigenvalue weighted by atomic mass is 10.2. The molecule has 0 aliphatic rings. The molecule has 2 N–H and O–H groups in total. The highest BCUT2D eigenvalue weighted by Gasteiger charge is 2.06. The first-order valence-electron chi connectivity index (χ1n) is 6.09. The molecule has 0 saturated heterocycles. The number of aryl methyl sites for hydroxylation is 1. The van der Waals surface area contributed by atoms with Gasteiger partial charge in [-0.15, -0.1) is 0 Å². The molecule has 0 fully saturated rings. The molecule has 0 spiro atoms. The normalized spacial score (nSPS) is 10.6. The largest absolute Gasteiger partial charge is 0.310 e. The lowest BCUT2D eigenvalue weighted by Crippen LogP contribution is -2.24. The summed E-state index contributed by atoms with van der Waals surface area (Å²) in [5, 5.41) is 0.546. The van der Waals surface area contributed by atoms with Gasteiger partial charge in [-0.2, -0.15) is 0 Å². The number of nitrogens with one attached hydrogen (secondary N) is 2. The van der Waals surface area contributed by atoms with Gasteiger partial charge >= 0.3 is 0 Å². The van der Waals surface area contributed by atoms with Crippen LogP contribution in [-0.4, -0.2) is 22.5 Å². The smallest absolute Gasteiger partial charge is 0.258 e. The summed E-state index contributed by atoms with van der Waals surface area (Å²) in [7, 11) is 0. The van der Waals surface area contributed by atoms with Crippen LogP contribution in [0.1, 0.15) is 19.2 Å². The van der Waals surface area contributed by atoms with Crippen LogP contribution in [0.5, 0.6) is 0 Å². The van der Waals surface area contributed by atoms with Crippen LogP contribution in [-0.2, 0) is 16.1 Å². The van der Waals surface area contributed by atoms with Gasteiger partial charge in [0.2, 0.25) is 5.91 Å². The van der Waals surface area contributed by atoms with E-state index in [0.29, 0.717) is 29.8 Å². The van der Waals surface area contributed by atoms with Gasteiger partial charge in [-0.05, 0) is 19.1 Å². The molecule has 0 aliphatic carbocycles. The van der Waals surface area contributed by atoms with E-state index in [0.717, 1.165) is 0 Å². The Kier molecular flexibility index (Phi) is 4.25. The lowest BCUT2D eigenvalue weighted by Gasteiger charge is -2.04. The van der Waals surface area contributed by atoms with Crippen LogP contribution < -0.4 is 11.0 Å². The average molecular weight is 261 g/mol. The predicted octanol–water partition coefficient (Wildman–Crippen LogP) is 0.923. The van der Waals surface area contributed by atoms with Gasteiger partial charge in [-0.25, -0.2) is 10.5 Å². The molecule has 1 heterocycles. The topological polar surface area (TPSA) is 84.1 Å². The summed E-state index contributed by atoms with van der Waals surface area (Å²) in [6.07, 6.45) is 0.570. The Hall–Kier alpha value is -2.21. The van der Waals surface area contributed by atoms with Gasteiger partial charge in [0.1, 0.15) is 5.82 Å². The first-order valence-corrected chi connectivity index (χ1v) is 6.09. The summed E-state index contributed by atoms with van der Waals surface area (Å²) in [5.41, 5.74) is 2.74. The van der Waals surface area contributed by atoms with E-state index in [4.69, 9.17) is 4.84 Å². The van der Waals surface area contributed by atoms with Crippen molar-refractivity contribution < 1.29 is 9.63 Å². The Morgan fingerprint density at radius 1 is 1.42 bits per heavy atom. The van der Waals surface area contributed by atoms with Crippen molar-refractivity contribution in [3.63, 3.8) is 0 Å². The molecule has 0 radical (unpaired) electrons. The SMILES string of the molecule is CCONC(=O)CCc1nc2ccccc2c(=O)[nH]1. The van der Waals surface area contributed by atoms with Crippen molar-refractivity contribution in [1.29, 1.82) is 0 Å². The predicted molar refractivity (Wildman–Crippen MR) is 70.5 cm³/mol. The van der Waals surface area contributed by atoms with E-state index < -0.39 is 0 Å². The molecule has 0 saturated carbocycles. The van der Waals surface area contributed by atoms with Crippen molar-refractivity contribution >= 4 is 16.8 Å². The highest BCUT2D eigenvalue weighted by Crippen LogP contribution is 2.06. The number of rotatable bonds is 5. The Balaban J connectivity index is 2.09. The van der Waals surface area contributed by atoms with E-state index in [1.54, 1.807) is 25.1 Å². The number of hydrogen-bond acceptors (Lipinski definition) is 4. The fraction of sp³-hybridized carbons (Fsp3) is 0.308. The number of aromatic amines is 1. The molecule has 1 aromatic carbocycles. The molecule has 0 bridgehead atoms. The van der Waals surface area contributed by atoms with Crippen molar-refractivity contribution in [2.24, 2.45) is 0 Å². The van der Waals surface area contributed by atoms with Crippen LogP contribution in [0.3, 0.4) is 0 Å². The third kappa shape index (κ3) is 3.38. The minimum absolute atomic E-state index is 0.189. The number of hydrogen-bond donors (Lipinski definition) is 2. The van der Waals surface area contributed by atoms with E-state index in [1.165, 1.54) is 0 Å². The molecule has 0 unspecified atom stereocenters. The molecule has 19 heavy (non-hydrogen) atoms. The number of aromatic nitrogens is 2. The summed E-state index contributed by atoms with van der Waals surface area (Å²) >= 11 is 0. The molecule has 1 amide bonds. The fourth-order valence-electron chi connectivity index (χ4n) is 1.69. The molecular formula is C13H15N3O3. The highest BCUT2D eigenvalue weighted by molar-refractivity contribution is 5.77. The Labute approximate surface area is 109 Å². The highest BCUT2D eigenvalue weighted by atomic mass is 16.6. The molecule has 2 rings (SSSR count). The van der Waals surface area contributed by atoms with Gasteiger partial charge in [-0.1, -0.05) is 12.1 Å². The van der Waals surface area contributed by atoms with Gasteiger partial charge in [0.05, 0.1) is 17.5 Å². The van der Waals surface area contributed by atoms with Crippen molar-refractivity contribution in [2.45, 2.75) is 19.8 Å². The fourth-order valence-corrected chi connectivity index (χ4v) is 1.69. The number of hydroxylamine groups is 1. The van der Waals surface area contributed by atoms with Crippen LogP contribution in [0.15, 0.2) is 29.1 Å². The number of nitrogens with zero attached hydrogens (tertiary/aromatic N) is 1. The second-order valence-electron chi connectivity index (χ2n) is 3.99. The zero-order chi connectivity index (χ0) is 13.7. The Morgan fingerprint density at radius 2 is 2.21 bits per heavy atom. The van der Waals surface area contributed by atoms with Gasteiger partial charge in [0.25, 0.3) is 5.56 Å². The van der Waals surface area contributed by atoms with E-state index in [9.17, 15) is 9.59 Å². The summed E-state index contributed by atoms with van der Waals surface area (Å²) in [5.74, 6) is 0.257. The monoisotopic (exact) mass is 261 g/mol. The van der Waals surface area contributed by atoms with Crippen molar-refractivity contribution in [3.05, 3.63) is 40.4 Å². The first kappa shape index (κ1) is 13.2. The van der Waals surface area contributed by atoms with Crippen LogP contribution in [0, 0.1) is 0 Å². The summed E-state index contributed by atoms with van der Waals surface area (Å²) in [6.45, 7) is 2.19. The van der Waals surface area contributed by atoms with Gasteiger partial charge in [0, 0.05) is 12.8 Å². The quantitative estimate of drug-likeness (QED) is 0.784. The molecule has 0 atom stereocenters. The van der Waals surface area contributed by atoms with Gasteiger partial charge in [0.15, 0.2) is 0 Å². The molecule has 0 aliphatic heterocycles. The second kappa shape index (κ2) is 6.10. The number of para-hydroxylation sites is 1. The Bertz CT molecular complexity index is 636. The summed E-state index contributed by atoms with van der Waals surface area (Å²) in [4.78, 5) is 34.9. The standard InChI is InChI=1S/C13H15N3O3/c1-2-19-16-12(17)8-7-11-14-10-6-4-3-5-9(10)13(18)15-11/h3-6H,2,7-8H2,1H3,(H,16,17)(H,14,15,18). The summed E-state index contributed by atoms with van der Waals surface area (Å²) < 4.78 is 0.